The summed E-state index contributed by atoms with van der Waals surface area (Å²) in [5.41, 5.74) is 2.93. The number of H-pyrrole nitrogens is 1. The summed E-state index contributed by atoms with van der Waals surface area (Å²) in [6.45, 7) is 1.96. The number of anilines is 1. The topological polar surface area (TPSA) is 44.8 Å². The van der Waals surface area contributed by atoms with Gasteiger partial charge in [0.2, 0.25) is 5.95 Å². The minimum atomic E-state index is -0.920. The van der Waals surface area contributed by atoms with E-state index in [1.54, 1.807) is 23.1 Å². The van der Waals surface area contributed by atoms with Crippen molar-refractivity contribution in [2.75, 3.05) is 11.4 Å². The molecule has 1 aliphatic rings. The summed E-state index contributed by atoms with van der Waals surface area (Å²) in [7, 11) is 0. The maximum Gasteiger partial charge on any atom is 0.226 e. The third-order valence-electron chi connectivity index (χ3n) is 5.55. The molecule has 0 spiro atoms. The number of hydrogen-bond donors (Lipinski definition) is 1. The number of hydrogen-bond acceptors (Lipinski definition) is 3. The number of aromatic amines is 1. The van der Waals surface area contributed by atoms with Crippen molar-refractivity contribution in [2.45, 2.75) is 19.4 Å². The lowest BCUT2D eigenvalue weighted by Crippen LogP contribution is -2.38. The molecular formula is C22H16ClF3N4. The van der Waals surface area contributed by atoms with Crippen LogP contribution < -0.4 is 4.90 Å². The number of nitrogens with one attached hydrogen (secondary N) is 1. The van der Waals surface area contributed by atoms with Gasteiger partial charge in [-0.15, -0.1) is 0 Å². The summed E-state index contributed by atoms with van der Waals surface area (Å²) in [5, 5.41) is 1.54. The van der Waals surface area contributed by atoms with Crippen molar-refractivity contribution < 1.29 is 13.2 Å². The highest BCUT2D eigenvalue weighted by molar-refractivity contribution is 6.31. The Balaban J connectivity index is 1.75. The SMILES string of the molecule is Cc1ccc(C2c3[nH]c4ccc(Cl)cc4c3CCN2c2ncc(F)cn2)c(F)c1F. The maximum absolute atomic E-state index is 15.1. The molecule has 0 saturated carbocycles. The van der Waals surface area contributed by atoms with Crippen molar-refractivity contribution in [3.63, 3.8) is 0 Å². The highest BCUT2D eigenvalue weighted by Gasteiger charge is 2.35. The van der Waals surface area contributed by atoms with E-state index in [-0.39, 0.29) is 17.1 Å². The van der Waals surface area contributed by atoms with Crippen LogP contribution in [-0.2, 0) is 6.42 Å². The molecule has 8 heteroatoms. The van der Waals surface area contributed by atoms with Crippen LogP contribution in [-0.4, -0.2) is 21.5 Å². The average Bonchev–Trinajstić information content (AvgIpc) is 3.10. The molecule has 0 saturated heterocycles. The summed E-state index contributed by atoms with van der Waals surface area (Å²) >= 11 is 6.18. The first-order valence-corrected chi connectivity index (χ1v) is 9.80. The zero-order chi connectivity index (χ0) is 21.0. The van der Waals surface area contributed by atoms with Crippen LogP contribution in [0.1, 0.15) is 28.4 Å². The molecule has 152 valence electrons. The molecule has 4 nitrogen and oxygen atoms in total. The molecule has 3 heterocycles. The number of benzene rings is 2. The van der Waals surface area contributed by atoms with Gasteiger partial charge in [-0.25, -0.2) is 23.1 Å². The van der Waals surface area contributed by atoms with Crippen molar-refractivity contribution in [3.8, 4) is 0 Å². The van der Waals surface area contributed by atoms with Crippen molar-refractivity contribution >= 4 is 28.5 Å². The van der Waals surface area contributed by atoms with Gasteiger partial charge in [0, 0.05) is 33.7 Å². The zero-order valence-electron chi connectivity index (χ0n) is 15.9. The summed E-state index contributed by atoms with van der Waals surface area (Å²) in [5.74, 6) is -2.14. The van der Waals surface area contributed by atoms with E-state index in [9.17, 15) is 8.78 Å². The van der Waals surface area contributed by atoms with Gasteiger partial charge in [-0.2, -0.15) is 0 Å². The Hall–Kier alpha value is -3.06. The molecule has 4 aromatic rings. The molecular weight excluding hydrogens is 413 g/mol. The molecule has 1 unspecified atom stereocenters. The van der Waals surface area contributed by atoms with E-state index in [1.807, 2.05) is 12.1 Å². The van der Waals surface area contributed by atoms with E-state index < -0.39 is 23.5 Å². The Morgan fingerprint density at radius 2 is 1.83 bits per heavy atom. The number of aryl methyl sites for hydroxylation is 1. The van der Waals surface area contributed by atoms with E-state index in [0.717, 1.165) is 28.9 Å². The van der Waals surface area contributed by atoms with Gasteiger partial charge in [-0.05, 0) is 42.7 Å². The van der Waals surface area contributed by atoms with Crippen LogP contribution in [0.2, 0.25) is 5.02 Å². The summed E-state index contributed by atoms with van der Waals surface area (Å²) in [6.07, 6.45) is 2.74. The third kappa shape index (κ3) is 2.92. The Morgan fingerprint density at radius 3 is 2.60 bits per heavy atom. The van der Waals surface area contributed by atoms with E-state index >= 15 is 4.39 Å². The van der Waals surface area contributed by atoms with Crippen LogP contribution in [0.15, 0.2) is 42.7 Å². The van der Waals surface area contributed by atoms with Crippen LogP contribution in [0.5, 0.6) is 0 Å². The van der Waals surface area contributed by atoms with Crippen molar-refractivity contribution in [2.24, 2.45) is 0 Å². The molecule has 1 atom stereocenters. The quantitative estimate of drug-likeness (QED) is 0.459. The fraction of sp³-hybridized carbons (Fsp3) is 0.182. The molecule has 2 aromatic heterocycles. The van der Waals surface area contributed by atoms with Gasteiger partial charge in [0.05, 0.1) is 12.4 Å². The molecule has 0 aliphatic carbocycles. The first-order chi connectivity index (χ1) is 14.4. The van der Waals surface area contributed by atoms with Gasteiger partial charge in [-0.1, -0.05) is 23.7 Å². The largest absolute Gasteiger partial charge is 0.356 e. The number of rotatable bonds is 2. The van der Waals surface area contributed by atoms with Gasteiger partial charge < -0.3 is 9.88 Å². The predicted molar refractivity (Wildman–Crippen MR) is 109 cm³/mol. The second-order valence-electron chi connectivity index (χ2n) is 7.35. The van der Waals surface area contributed by atoms with Gasteiger partial charge in [0.1, 0.15) is 6.04 Å². The average molecular weight is 429 g/mol. The Kier molecular flexibility index (Phi) is 4.43. The zero-order valence-corrected chi connectivity index (χ0v) is 16.6. The van der Waals surface area contributed by atoms with E-state index in [4.69, 9.17) is 11.6 Å². The molecule has 1 N–H and O–H groups in total. The minimum Gasteiger partial charge on any atom is -0.356 e. The van der Waals surface area contributed by atoms with Crippen LogP contribution in [0.25, 0.3) is 10.9 Å². The lowest BCUT2D eigenvalue weighted by atomic mass is 9.91. The van der Waals surface area contributed by atoms with Gasteiger partial charge in [0.25, 0.3) is 0 Å². The standard InChI is InChI=1S/C22H16ClF3N4/c1-11-2-4-15(19(26)18(11)25)21-20-14(16-8-12(23)3-5-17(16)29-20)6-7-30(21)22-27-9-13(24)10-28-22/h2-5,8-10,21,29H,6-7H2,1H3. The summed E-state index contributed by atoms with van der Waals surface area (Å²) < 4.78 is 42.9. The predicted octanol–water partition coefficient (Wildman–Crippen LogP) is 5.49. The van der Waals surface area contributed by atoms with Gasteiger partial charge in [-0.3, -0.25) is 0 Å². The summed E-state index contributed by atoms with van der Waals surface area (Å²) in [4.78, 5) is 13.3. The lowest BCUT2D eigenvalue weighted by molar-refractivity contribution is 0.480. The number of nitrogens with zero attached hydrogens (tertiary/aromatic N) is 3. The first-order valence-electron chi connectivity index (χ1n) is 9.42. The molecule has 30 heavy (non-hydrogen) atoms. The van der Waals surface area contributed by atoms with Crippen molar-refractivity contribution in [3.05, 3.63) is 87.6 Å². The molecule has 0 bridgehead atoms. The second kappa shape index (κ2) is 7.02. The maximum atomic E-state index is 15.1. The van der Waals surface area contributed by atoms with Crippen LogP contribution in [0.3, 0.4) is 0 Å². The fourth-order valence-electron chi connectivity index (χ4n) is 4.13. The van der Waals surface area contributed by atoms with Crippen LogP contribution in [0, 0.1) is 24.4 Å². The third-order valence-corrected chi connectivity index (χ3v) is 5.79. The highest BCUT2D eigenvalue weighted by Crippen LogP contribution is 2.41. The van der Waals surface area contributed by atoms with Crippen molar-refractivity contribution in [1.82, 2.24) is 15.0 Å². The monoisotopic (exact) mass is 428 g/mol. The summed E-state index contributed by atoms with van der Waals surface area (Å²) in [6, 6.07) is 7.90. The molecule has 0 radical (unpaired) electrons. The van der Waals surface area contributed by atoms with E-state index in [0.29, 0.717) is 23.7 Å². The Labute approximate surface area is 175 Å². The molecule has 2 aromatic carbocycles. The lowest BCUT2D eigenvalue weighted by Gasteiger charge is -2.36. The number of halogens is 4. The van der Waals surface area contributed by atoms with Gasteiger partial charge >= 0.3 is 0 Å². The Morgan fingerprint density at radius 1 is 1.07 bits per heavy atom. The first kappa shape index (κ1) is 18.9. The van der Waals surface area contributed by atoms with E-state index in [2.05, 4.69) is 15.0 Å². The minimum absolute atomic E-state index is 0.157. The molecule has 1 aliphatic heterocycles. The van der Waals surface area contributed by atoms with Crippen LogP contribution >= 0.6 is 11.6 Å². The fourth-order valence-corrected chi connectivity index (χ4v) is 4.30. The van der Waals surface area contributed by atoms with Crippen molar-refractivity contribution in [1.29, 1.82) is 0 Å². The van der Waals surface area contributed by atoms with Gasteiger partial charge in [0.15, 0.2) is 17.5 Å². The normalized spacial score (nSPS) is 16.2. The second-order valence-corrected chi connectivity index (χ2v) is 7.79. The smallest absolute Gasteiger partial charge is 0.226 e. The molecule has 0 amide bonds. The highest BCUT2D eigenvalue weighted by atomic mass is 35.5. The van der Waals surface area contributed by atoms with E-state index in [1.165, 1.54) is 6.92 Å². The number of fused-ring (bicyclic) bond motifs is 3. The molecule has 0 fully saturated rings. The molecule has 5 rings (SSSR count). The number of aromatic nitrogens is 3. The Bertz CT molecular complexity index is 1270. The van der Waals surface area contributed by atoms with Crippen LogP contribution in [0.4, 0.5) is 19.1 Å².